The van der Waals surface area contributed by atoms with Crippen molar-refractivity contribution in [2.75, 3.05) is 6.54 Å². The van der Waals surface area contributed by atoms with Crippen molar-refractivity contribution in [2.24, 2.45) is 0 Å². The average molecular weight is 263 g/mol. The van der Waals surface area contributed by atoms with Crippen LogP contribution in [0.1, 0.15) is 13.3 Å². The van der Waals surface area contributed by atoms with Crippen molar-refractivity contribution in [1.82, 2.24) is 14.9 Å². The summed E-state index contributed by atoms with van der Waals surface area (Å²) < 4.78 is 25.3. The Morgan fingerprint density at radius 1 is 1.65 bits per heavy atom. The number of aromatic amines is 1. The van der Waals surface area contributed by atoms with Gasteiger partial charge in [0.25, 0.3) is 10.0 Å². The topological polar surface area (TPSA) is 132 Å². The summed E-state index contributed by atoms with van der Waals surface area (Å²) in [5.41, 5.74) is -1.65. The van der Waals surface area contributed by atoms with E-state index in [1.165, 1.54) is 19.2 Å². The van der Waals surface area contributed by atoms with E-state index < -0.39 is 34.6 Å². The molecule has 1 rings (SSSR count). The molecule has 1 unspecified atom stereocenters. The van der Waals surface area contributed by atoms with E-state index >= 15 is 0 Å². The zero-order valence-corrected chi connectivity index (χ0v) is 9.86. The van der Waals surface area contributed by atoms with E-state index in [1.807, 2.05) is 0 Å². The van der Waals surface area contributed by atoms with Crippen molar-refractivity contribution in [1.29, 1.82) is 0 Å². The number of aromatic nitrogens is 2. The maximum atomic E-state index is 11.6. The van der Waals surface area contributed by atoms with E-state index in [0.29, 0.717) is 0 Å². The molecule has 0 radical (unpaired) electrons. The molecule has 1 aromatic heterocycles. The van der Waals surface area contributed by atoms with Crippen molar-refractivity contribution >= 4 is 16.0 Å². The molecule has 17 heavy (non-hydrogen) atoms. The Kier molecular flexibility index (Phi) is 3.86. The van der Waals surface area contributed by atoms with Gasteiger partial charge in [0.05, 0.1) is 18.2 Å². The first-order valence-corrected chi connectivity index (χ1v) is 6.14. The minimum absolute atomic E-state index is 0.149. The number of nitrogens with one attached hydrogen (secondary N) is 2. The lowest BCUT2D eigenvalue weighted by Crippen LogP contribution is -2.42. The van der Waals surface area contributed by atoms with Gasteiger partial charge in [-0.1, -0.05) is 0 Å². The first kappa shape index (κ1) is 13.6. The van der Waals surface area contributed by atoms with E-state index in [9.17, 15) is 18.3 Å². The number of aliphatic carboxylic acids is 1. The van der Waals surface area contributed by atoms with Crippen LogP contribution in [0.15, 0.2) is 17.3 Å². The number of aliphatic hydroxyl groups is 1. The lowest BCUT2D eigenvalue weighted by molar-refractivity contribution is -0.141. The summed E-state index contributed by atoms with van der Waals surface area (Å²) in [6.45, 7) is 0.831. The fourth-order valence-electron chi connectivity index (χ4n) is 1.11. The lowest BCUT2D eigenvalue weighted by atomic mass is 10.0. The minimum atomic E-state index is -3.81. The molecule has 0 aliphatic heterocycles. The molecule has 0 amide bonds. The second-order valence-corrected chi connectivity index (χ2v) is 5.55. The van der Waals surface area contributed by atoms with Gasteiger partial charge in [0.1, 0.15) is 0 Å². The largest absolute Gasteiger partial charge is 0.481 e. The number of hydrogen-bond acceptors (Lipinski definition) is 5. The van der Waals surface area contributed by atoms with Crippen molar-refractivity contribution in [3.05, 3.63) is 12.3 Å². The molecule has 0 aliphatic carbocycles. The first-order valence-electron chi connectivity index (χ1n) is 4.66. The van der Waals surface area contributed by atoms with Gasteiger partial charge in [0.2, 0.25) is 0 Å². The Hall–Kier alpha value is -1.45. The number of hydrogen-bond donors (Lipinski definition) is 4. The predicted molar refractivity (Wildman–Crippen MR) is 56.7 cm³/mol. The van der Waals surface area contributed by atoms with Gasteiger partial charge in [0.15, 0.2) is 5.03 Å². The maximum Gasteiger partial charge on any atom is 0.306 e. The zero-order chi connectivity index (χ0) is 13.1. The van der Waals surface area contributed by atoms with Crippen LogP contribution < -0.4 is 4.72 Å². The van der Waals surface area contributed by atoms with Gasteiger partial charge >= 0.3 is 5.97 Å². The first-order chi connectivity index (χ1) is 7.73. The van der Waals surface area contributed by atoms with E-state index in [4.69, 9.17) is 5.11 Å². The Balaban J connectivity index is 2.65. The number of carboxylic acid groups (broad SMARTS) is 1. The van der Waals surface area contributed by atoms with Gasteiger partial charge in [-0.05, 0) is 13.0 Å². The predicted octanol–water partition coefficient (Wildman–Crippen LogP) is -1.09. The third-order valence-electron chi connectivity index (χ3n) is 1.94. The Morgan fingerprint density at radius 2 is 2.29 bits per heavy atom. The minimum Gasteiger partial charge on any atom is -0.481 e. The maximum absolute atomic E-state index is 11.6. The van der Waals surface area contributed by atoms with Crippen LogP contribution in [0, 0.1) is 0 Å². The highest BCUT2D eigenvalue weighted by molar-refractivity contribution is 7.89. The lowest BCUT2D eigenvalue weighted by Gasteiger charge is -2.20. The van der Waals surface area contributed by atoms with E-state index in [1.54, 1.807) is 0 Å². The monoisotopic (exact) mass is 263 g/mol. The molecule has 0 saturated heterocycles. The molecule has 0 saturated carbocycles. The summed E-state index contributed by atoms with van der Waals surface area (Å²) >= 11 is 0. The second-order valence-electron chi connectivity index (χ2n) is 3.81. The third-order valence-corrected chi connectivity index (χ3v) is 3.27. The molecule has 9 heteroatoms. The molecule has 1 aromatic rings. The number of carboxylic acids is 1. The third kappa shape index (κ3) is 4.13. The molecule has 0 aliphatic rings. The Bertz CT molecular complexity index is 479. The Morgan fingerprint density at radius 3 is 2.76 bits per heavy atom. The zero-order valence-electron chi connectivity index (χ0n) is 9.04. The quantitative estimate of drug-likeness (QED) is 0.515. The molecule has 4 N–H and O–H groups in total. The smallest absolute Gasteiger partial charge is 0.306 e. The number of nitrogens with zero attached hydrogens (tertiary/aromatic N) is 1. The van der Waals surface area contributed by atoms with Crippen LogP contribution in [-0.2, 0) is 14.8 Å². The number of H-pyrrole nitrogens is 1. The molecular weight excluding hydrogens is 250 g/mol. The Labute approximate surface area is 97.7 Å². The molecule has 0 aromatic carbocycles. The summed E-state index contributed by atoms with van der Waals surface area (Å²) in [6.07, 6.45) is 0.711. The van der Waals surface area contributed by atoms with Gasteiger partial charge in [-0.3, -0.25) is 9.89 Å². The van der Waals surface area contributed by atoms with Crippen LogP contribution in [0.2, 0.25) is 0 Å². The van der Waals surface area contributed by atoms with Crippen LogP contribution in [0.25, 0.3) is 0 Å². The van der Waals surface area contributed by atoms with Crippen molar-refractivity contribution in [3.63, 3.8) is 0 Å². The summed E-state index contributed by atoms with van der Waals surface area (Å²) in [7, 11) is -3.81. The average Bonchev–Trinajstić information content (AvgIpc) is 2.66. The summed E-state index contributed by atoms with van der Waals surface area (Å²) in [5, 5.41) is 23.7. The molecule has 1 heterocycles. The van der Waals surface area contributed by atoms with Crippen LogP contribution in [0.5, 0.6) is 0 Å². The van der Waals surface area contributed by atoms with E-state index in [-0.39, 0.29) is 5.03 Å². The second kappa shape index (κ2) is 4.82. The van der Waals surface area contributed by atoms with Crippen LogP contribution >= 0.6 is 0 Å². The van der Waals surface area contributed by atoms with Crippen molar-refractivity contribution in [2.45, 2.75) is 24.0 Å². The number of carbonyl (C=O) groups is 1. The molecule has 96 valence electrons. The van der Waals surface area contributed by atoms with E-state index in [0.717, 1.165) is 0 Å². The SMILES string of the molecule is CC(O)(CNS(=O)(=O)c1ccn[nH]1)CC(=O)O. The molecule has 1 atom stereocenters. The van der Waals surface area contributed by atoms with Gasteiger partial charge in [-0.15, -0.1) is 0 Å². The highest BCUT2D eigenvalue weighted by Crippen LogP contribution is 2.10. The van der Waals surface area contributed by atoms with Gasteiger partial charge in [-0.25, -0.2) is 13.1 Å². The fraction of sp³-hybridized carbons (Fsp3) is 0.500. The van der Waals surface area contributed by atoms with Crippen LogP contribution in [-0.4, -0.2) is 46.9 Å². The van der Waals surface area contributed by atoms with Gasteiger partial charge in [-0.2, -0.15) is 5.10 Å². The molecule has 0 fully saturated rings. The standard InChI is InChI=1S/C8H13N3O5S/c1-8(14,4-7(12)13)5-10-17(15,16)6-2-3-9-11-6/h2-3,10,14H,4-5H2,1H3,(H,9,11)(H,12,13). The normalized spacial score (nSPS) is 15.4. The highest BCUT2D eigenvalue weighted by Gasteiger charge is 2.27. The molecule has 8 nitrogen and oxygen atoms in total. The molecule has 0 bridgehead atoms. The van der Waals surface area contributed by atoms with Crippen molar-refractivity contribution < 1.29 is 23.4 Å². The highest BCUT2D eigenvalue weighted by atomic mass is 32.2. The summed E-state index contributed by atoms with van der Waals surface area (Å²) in [6, 6.07) is 1.24. The van der Waals surface area contributed by atoms with Crippen LogP contribution in [0.3, 0.4) is 0 Å². The van der Waals surface area contributed by atoms with Crippen molar-refractivity contribution in [3.8, 4) is 0 Å². The van der Waals surface area contributed by atoms with Gasteiger partial charge < -0.3 is 10.2 Å². The molecule has 0 spiro atoms. The fourth-order valence-corrected chi connectivity index (χ4v) is 2.18. The summed E-state index contributed by atoms with van der Waals surface area (Å²) in [5.74, 6) is -1.21. The number of sulfonamides is 1. The number of rotatable bonds is 6. The van der Waals surface area contributed by atoms with E-state index in [2.05, 4.69) is 14.9 Å². The van der Waals surface area contributed by atoms with Gasteiger partial charge in [0, 0.05) is 6.54 Å². The summed E-state index contributed by atoms with van der Waals surface area (Å²) in [4.78, 5) is 10.4. The van der Waals surface area contributed by atoms with Crippen LogP contribution in [0.4, 0.5) is 0 Å². The molecular formula is C8H13N3O5S.